The number of hydrogen-bond donors (Lipinski definition) is 2. The van der Waals surface area contributed by atoms with Gasteiger partial charge in [-0.2, -0.15) is 0 Å². The Morgan fingerprint density at radius 1 is 1.33 bits per heavy atom. The predicted molar refractivity (Wildman–Crippen MR) is 74.4 cm³/mol. The van der Waals surface area contributed by atoms with E-state index in [0.717, 1.165) is 39.1 Å². The minimum atomic E-state index is -0.373. The van der Waals surface area contributed by atoms with E-state index in [2.05, 4.69) is 29.1 Å². The van der Waals surface area contributed by atoms with Crippen LogP contribution >= 0.6 is 0 Å². The Morgan fingerprint density at radius 2 is 1.94 bits per heavy atom. The lowest BCUT2D eigenvalue weighted by molar-refractivity contribution is -0.123. The number of nitrogens with one attached hydrogen (secondary N) is 1. The van der Waals surface area contributed by atoms with E-state index in [4.69, 9.17) is 5.73 Å². The van der Waals surface area contributed by atoms with Crippen LogP contribution in [0.1, 0.15) is 20.3 Å². The molecular weight excluding hydrogens is 228 g/mol. The fourth-order valence-electron chi connectivity index (χ4n) is 2.04. The standard InChI is InChI=1S/C13H28N4O/c1-4-11(2)12(14)13(18)15-5-6-17-9-7-16(3)8-10-17/h11-12H,4-10,14H2,1-3H3,(H,15,18)/t11-,12-/m0/s1. The van der Waals surface area contributed by atoms with E-state index in [0.29, 0.717) is 6.54 Å². The van der Waals surface area contributed by atoms with Gasteiger partial charge in [-0.15, -0.1) is 0 Å². The highest BCUT2D eigenvalue weighted by Gasteiger charge is 2.19. The fraction of sp³-hybridized carbons (Fsp3) is 0.923. The molecule has 5 heteroatoms. The van der Waals surface area contributed by atoms with Crippen molar-refractivity contribution >= 4 is 5.91 Å². The predicted octanol–water partition coefficient (Wildman–Crippen LogP) is -0.277. The number of hydrogen-bond acceptors (Lipinski definition) is 4. The molecule has 0 saturated carbocycles. The second-order valence-electron chi connectivity index (χ2n) is 5.35. The molecule has 5 nitrogen and oxygen atoms in total. The lowest BCUT2D eigenvalue weighted by atomic mass is 9.99. The van der Waals surface area contributed by atoms with Crippen LogP contribution in [-0.4, -0.2) is 68.1 Å². The Hall–Kier alpha value is -0.650. The van der Waals surface area contributed by atoms with Gasteiger partial charge in [0, 0.05) is 39.3 Å². The van der Waals surface area contributed by atoms with E-state index >= 15 is 0 Å². The Bertz CT molecular complexity index is 251. The summed E-state index contributed by atoms with van der Waals surface area (Å²) in [5.41, 5.74) is 5.88. The zero-order chi connectivity index (χ0) is 13.5. The molecule has 1 aliphatic heterocycles. The molecule has 3 N–H and O–H groups in total. The summed E-state index contributed by atoms with van der Waals surface area (Å²) in [6.07, 6.45) is 0.938. The van der Waals surface area contributed by atoms with Crippen LogP contribution in [0.4, 0.5) is 0 Å². The van der Waals surface area contributed by atoms with E-state index in [1.54, 1.807) is 0 Å². The minimum Gasteiger partial charge on any atom is -0.353 e. The van der Waals surface area contributed by atoms with Gasteiger partial charge in [-0.1, -0.05) is 20.3 Å². The molecular formula is C13H28N4O. The van der Waals surface area contributed by atoms with Crippen molar-refractivity contribution in [1.82, 2.24) is 15.1 Å². The minimum absolute atomic E-state index is 0.0153. The van der Waals surface area contributed by atoms with E-state index in [-0.39, 0.29) is 17.9 Å². The third-order valence-corrected chi connectivity index (χ3v) is 3.88. The summed E-state index contributed by atoms with van der Waals surface area (Å²) < 4.78 is 0. The summed E-state index contributed by atoms with van der Waals surface area (Å²) in [7, 11) is 2.14. The van der Waals surface area contributed by atoms with E-state index in [1.165, 1.54) is 0 Å². The van der Waals surface area contributed by atoms with Crippen molar-refractivity contribution in [3.63, 3.8) is 0 Å². The summed E-state index contributed by atoms with van der Waals surface area (Å²) >= 11 is 0. The van der Waals surface area contributed by atoms with E-state index in [1.807, 2.05) is 6.92 Å². The molecule has 1 rings (SSSR count). The van der Waals surface area contributed by atoms with Gasteiger partial charge in [0.15, 0.2) is 0 Å². The van der Waals surface area contributed by atoms with Crippen LogP contribution < -0.4 is 11.1 Å². The van der Waals surface area contributed by atoms with Gasteiger partial charge in [0.25, 0.3) is 0 Å². The van der Waals surface area contributed by atoms with Gasteiger partial charge >= 0.3 is 0 Å². The average Bonchev–Trinajstić information content (AvgIpc) is 2.39. The highest BCUT2D eigenvalue weighted by Crippen LogP contribution is 2.05. The summed E-state index contributed by atoms with van der Waals surface area (Å²) in [4.78, 5) is 16.5. The Labute approximate surface area is 111 Å². The maximum absolute atomic E-state index is 11.8. The van der Waals surface area contributed by atoms with Crippen LogP contribution in [-0.2, 0) is 4.79 Å². The van der Waals surface area contributed by atoms with Crippen molar-refractivity contribution < 1.29 is 4.79 Å². The molecule has 106 valence electrons. The van der Waals surface area contributed by atoms with Crippen LogP contribution in [0.25, 0.3) is 0 Å². The number of likely N-dealkylation sites (N-methyl/N-ethyl adjacent to an activating group) is 1. The normalized spacial score (nSPS) is 21.6. The number of rotatable bonds is 6. The molecule has 0 bridgehead atoms. The molecule has 0 aromatic heterocycles. The van der Waals surface area contributed by atoms with Gasteiger partial charge in [-0.3, -0.25) is 9.69 Å². The second kappa shape index (κ2) is 7.71. The Balaban J connectivity index is 2.15. The lowest BCUT2D eigenvalue weighted by Crippen LogP contribution is -2.49. The molecule has 2 atom stereocenters. The molecule has 1 aliphatic rings. The largest absolute Gasteiger partial charge is 0.353 e. The summed E-state index contributed by atoms with van der Waals surface area (Å²) in [6, 6.07) is -0.373. The maximum atomic E-state index is 11.8. The topological polar surface area (TPSA) is 61.6 Å². The first-order valence-electron chi connectivity index (χ1n) is 6.98. The number of carbonyl (C=O) groups is 1. The fourth-order valence-corrected chi connectivity index (χ4v) is 2.04. The second-order valence-corrected chi connectivity index (χ2v) is 5.35. The highest BCUT2D eigenvalue weighted by molar-refractivity contribution is 5.81. The first-order valence-corrected chi connectivity index (χ1v) is 6.98. The van der Waals surface area contributed by atoms with Gasteiger partial charge in [0.05, 0.1) is 6.04 Å². The third kappa shape index (κ3) is 4.92. The molecule has 0 aromatic carbocycles. The number of amides is 1. The van der Waals surface area contributed by atoms with Crippen LogP contribution in [0.5, 0.6) is 0 Å². The summed E-state index contributed by atoms with van der Waals surface area (Å²) in [5.74, 6) is 0.229. The molecule has 0 aliphatic carbocycles. The molecule has 1 amide bonds. The molecule has 1 fully saturated rings. The van der Waals surface area contributed by atoms with E-state index in [9.17, 15) is 4.79 Å². The quantitative estimate of drug-likeness (QED) is 0.686. The van der Waals surface area contributed by atoms with Crippen molar-refractivity contribution in [3.05, 3.63) is 0 Å². The summed E-state index contributed by atoms with van der Waals surface area (Å²) in [5, 5.41) is 2.94. The molecule has 18 heavy (non-hydrogen) atoms. The molecule has 0 spiro atoms. The Morgan fingerprint density at radius 3 is 2.50 bits per heavy atom. The lowest BCUT2D eigenvalue weighted by Gasteiger charge is -2.32. The molecule has 0 radical (unpaired) electrons. The van der Waals surface area contributed by atoms with Gasteiger partial charge in [-0.25, -0.2) is 0 Å². The van der Waals surface area contributed by atoms with E-state index < -0.39 is 0 Å². The zero-order valence-electron chi connectivity index (χ0n) is 12.0. The van der Waals surface area contributed by atoms with Crippen molar-refractivity contribution in [3.8, 4) is 0 Å². The molecule has 1 heterocycles. The Kier molecular flexibility index (Phi) is 6.60. The maximum Gasteiger partial charge on any atom is 0.237 e. The zero-order valence-corrected chi connectivity index (χ0v) is 12.0. The number of nitrogens with zero attached hydrogens (tertiary/aromatic N) is 2. The van der Waals surface area contributed by atoms with Crippen LogP contribution in [0.15, 0.2) is 0 Å². The molecule has 1 saturated heterocycles. The van der Waals surface area contributed by atoms with Crippen molar-refractivity contribution in [2.45, 2.75) is 26.3 Å². The molecule has 0 aromatic rings. The van der Waals surface area contributed by atoms with Gasteiger partial charge in [0.2, 0.25) is 5.91 Å². The summed E-state index contributed by atoms with van der Waals surface area (Å²) in [6.45, 7) is 10.1. The van der Waals surface area contributed by atoms with Gasteiger partial charge in [-0.05, 0) is 13.0 Å². The van der Waals surface area contributed by atoms with Crippen molar-refractivity contribution in [1.29, 1.82) is 0 Å². The number of nitrogens with two attached hydrogens (primary N) is 1. The molecule has 0 unspecified atom stereocenters. The van der Waals surface area contributed by atoms with Gasteiger partial charge < -0.3 is 16.0 Å². The first-order chi connectivity index (χ1) is 8.54. The first kappa shape index (κ1) is 15.4. The van der Waals surface area contributed by atoms with Crippen molar-refractivity contribution in [2.24, 2.45) is 11.7 Å². The van der Waals surface area contributed by atoms with Crippen LogP contribution in [0.3, 0.4) is 0 Å². The van der Waals surface area contributed by atoms with Crippen molar-refractivity contribution in [2.75, 3.05) is 46.3 Å². The third-order valence-electron chi connectivity index (χ3n) is 3.88. The van der Waals surface area contributed by atoms with Crippen LogP contribution in [0.2, 0.25) is 0 Å². The average molecular weight is 256 g/mol. The number of carbonyl (C=O) groups excluding carboxylic acids is 1. The smallest absolute Gasteiger partial charge is 0.237 e. The highest BCUT2D eigenvalue weighted by atomic mass is 16.2. The van der Waals surface area contributed by atoms with Gasteiger partial charge in [0.1, 0.15) is 0 Å². The number of piperazine rings is 1. The SMILES string of the molecule is CC[C@H](C)[C@H](N)C(=O)NCCN1CCN(C)CC1. The monoisotopic (exact) mass is 256 g/mol. The van der Waals surface area contributed by atoms with Crippen LogP contribution in [0, 0.1) is 5.92 Å².